The van der Waals surface area contributed by atoms with E-state index in [1.54, 1.807) is 0 Å². The molecule has 1 amide bonds. The average molecular weight is 547 g/mol. The number of nitriles is 1. The van der Waals surface area contributed by atoms with Crippen LogP contribution in [-0.2, 0) is 9.59 Å². The minimum absolute atomic E-state index is 0.0203. The molecule has 0 heterocycles. The van der Waals surface area contributed by atoms with E-state index in [1.807, 2.05) is 12.2 Å². The zero-order valence-corrected chi connectivity index (χ0v) is 25.8. The summed E-state index contributed by atoms with van der Waals surface area (Å²) in [5.74, 6) is 1.02. The monoisotopic (exact) mass is 546 g/mol. The highest BCUT2D eigenvalue weighted by Gasteiger charge is 2.69. The summed E-state index contributed by atoms with van der Waals surface area (Å²) < 4.78 is 0. The number of nitrogens with zero attached hydrogens (tertiary/aromatic N) is 1. The molecule has 0 spiro atoms. The summed E-state index contributed by atoms with van der Waals surface area (Å²) in [6, 6.07) is 2.30. The zero-order valence-electron chi connectivity index (χ0n) is 25.8. The number of hydrogen-bond donors (Lipinski definition) is 2. The summed E-state index contributed by atoms with van der Waals surface area (Å²) in [6.07, 6.45) is 12.5. The molecule has 4 saturated carbocycles. The van der Waals surface area contributed by atoms with Gasteiger partial charge in [-0.3, -0.25) is 9.59 Å². The third kappa shape index (κ3) is 3.66. The van der Waals surface area contributed by atoms with Crippen molar-refractivity contribution in [2.75, 3.05) is 6.54 Å². The van der Waals surface area contributed by atoms with Gasteiger partial charge in [-0.1, -0.05) is 60.1 Å². The van der Waals surface area contributed by atoms with Crippen molar-refractivity contribution in [3.63, 3.8) is 0 Å². The van der Waals surface area contributed by atoms with Crippen molar-refractivity contribution in [2.24, 2.45) is 56.2 Å². The Kier molecular flexibility index (Phi) is 6.03. The summed E-state index contributed by atoms with van der Waals surface area (Å²) in [7, 11) is 0. The number of allylic oxidation sites excluding steroid dienone is 3. The first-order valence-electron chi connectivity index (χ1n) is 15.9. The van der Waals surface area contributed by atoms with Gasteiger partial charge >= 0.3 is 0 Å². The summed E-state index contributed by atoms with van der Waals surface area (Å²) in [6.45, 7) is 16.7. The summed E-state index contributed by atoms with van der Waals surface area (Å²) >= 11 is 0. The van der Waals surface area contributed by atoms with E-state index in [9.17, 15) is 20.0 Å². The number of carbonyl (C=O) groups excluding carboxylic acids is 2. The molecule has 5 heteroatoms. The Hall–Kier alpha value is -1.93. The molecule has 40 heavy (non-hydrogen) atoms. The van der Waals surface area contributed by atoms with E-state index in [0.29, 0.717) is 12.1 Å². The van der Waals surface area contributed by atoms with Crippen molar-refractivity contribution in [1.29, 1.82) is 5.26 Å². The first-order valence-corrected chi connectivity index (χ1v) is 15.9. The molecule has 6 rings (SSSR count). The van der Waals surface area contributed by atoms with Gasteiger partial charge in [0.2, 0.25) is 5.91 Å². The van der Waals surface area contributed by atoms with Crippen LogP contribution in [0.4, 0.5) is 0 Å². The number of aliphatic hydroxyl groups is 1. The minimum Gasteiger partial charge on any atom is -0.387 e. The van der Waals surface area contributed by atoms with Gasteiger partial charge in [0.25, 0.3) is 0 Å². The van der Waals surface area contributed by atoms with Crippen LogP contribution >= 0.6 is 0 Å². The predicted molar refractivity (Wildman–Crippen MR) is 156 cm³/mol. The van der Waals surface area contributed by atoms with Gasteiger partial charge in [0.1, 0.15) is 0 Å². The van der Waals surface area contributed by atoms with E-state index in [-0.39, 0.29) is 57.0 Å². The third-order valence-electron chi connectivity index (χ3n) is 13.8. The maximum atomic E-state index is 14.6. The molecular formula is C35H50N2O3. The Balaban J connectivity index is 1.45. The van der Waals surface area contributed by atoms with Gasteiger partial charge in [-0.15, -0.1) is 0 Å². The van der Waals surface area contributed by atoms with E-state index in [1.165, 1.54) is 5.57 Å². The molecular weight excluding hydrogens is 496 g/mol. The molecule has 6 aliphatic rings. The normalized spacial score (nSPS) is 46.8. The fourth-order valence-electron chi connectivity index (χ4n) is 11.0. The van der Waals surface area contributed by atoms with E-state index in [4.69, 9.17) is 0 Å². The number of carbonyl (C=O) groups is 2. The van der Waals surface area contributed by atoms with E-state index < -0.39 is 16.9 Å². The van der Waals surface area contributed by atoms with Crippen LogP contribution in [0.25, 0.3) is 0 Å². The van der Waals surface area contributed by atoms with Gasteiger partial charge in [-0.05, 0) is 103 Å². The third-order valence-corrected chi connectivity index (χ3v) is 13.8. The van der Waals surface area contributed by atoms with Gasteiger partial charge in [-0.2, -0.15) is 5.26 Å². The van der Waals surface area contributed by atoms with Crippen molar-refractivity contribution >= 4 is 11.7 Å². The number of rotatable bonds is 3. The number of nitrogens with one attached hydrogen (secondary N) is 1. The van der Waals surface area contributed by atoms with Crippen LogP contribution in [0, 0.1) is 67.5 Å². The zero-order chi connectivity index (χ0) is 29.1. The Morgan fingerprint density at radius 2 is 1.70 bits per heavy atom. The largest absolute Gasteiger partial charge is 0.387 e. The molecule has 0 saturated heterocycles. The molecule has 8 atom stereocenters. The lowest BCUT2D eigenvalue weighted by Crippen LogP contribution is -2.66. The quantitative estimate of drug-likeness (QED) is 0.421. The summed E-state index contributed by atoms with van der Waals surface area (Å²) in [4.78, 5) is 27.3. The van der Waals surface area contributed by atoms with Gasteiger partial charge in [0.15, 0.2) is 5.78 Å². The van der Waals surface area contributed by atoms with Crippen LogP contribution < -0.4 is 5.32 Å². The van der Waals surface area contributed by atoms with Crippen molar-refractivity contribution in [2.45, 2.75) is 112 Å². The van der Waals surface area contributed by atoms with Crippen molar-refractivity contribution in [3.8, 4) is 6.07 Å². The van der Waals surface area contributed by atoms with Crippen LogP contribution in [0.5, 0.6) is 0 Å². The average Bonchev–Trinajstić information content (AvgIpc) is 3.72. The number of hydrogen-bond acceptors (Lipinski definition) is 4. The first-order chi connectivity index (χ1) is 18.5. The second-order valence-corrected chi connectivity index (χ2v) is 16.8. The Bertz CT molecular complexity index is 1250. The second kappa shape index (κ2) is 8.56. The maximum Gasteiger partial charge on any atom is 0.223 e. The van der Waals surface area contributed by atoms with Crippen molar-refractivity contribution in [1.82, 2.24) is 5.32 Å². The summed E-state index contributed by atoms with van der Waals surface area (Å²) in [5.41, 5.74) is 0.537. The number of fused-ring (bicyclic) bond motifs is 7. The van der Waals surface area contributed by atoms with Gasteiger partial charge in [0, 0.05) is 23.8 Å². The molecule has 218 valence electrons. The molecule has 0 aliphatic heterocycles. The highest BCUT2D eigenvalue weighted by molar-refractivity contribution is 5.95. The molecule has 4 fully saturated rings. The standard InChI is InChI=1S/C35H50N2O3/c1-30(2)12-14-35(20-37-29(40)21-8-9-21)15-13-34(7)27(23(35)18-30)24(38)16-26-32(5)17-22(19-36)28(39)31(3,4)25(32)10-11-33(26,34)6/h16-17,21,23,25,27-28,39H,8-15,18,20H2,1-7H3,(H,37,40)/t23-,25-,27-,28?,32-,33+,34+,35+/m0/s1. The molecule has 2 N–H and O–H groups in total. The van der Waals surface area contributed by atoms with Gasteiger partial charge in [-0.25, -0.2) is 0 Å². The highest BCUT2D eigenvalue weighted by atomic mass is 16.3. The fraction of sp³-hybridized carbons (Fsp3) is 0.800. The Morgan fingerprint density at radius 3 is 2.35 bits per heavy atom. The fourth-order valence-corrected chi connectivity index (χ4v) is 11.0. The van der Waals surface area contributed by atoms with Gasteiger partial charge < -0.3 is 10.4 Å². The topological polar surface area (TPSA) is 90.2 Å². The van der Waals surface area contributed by atoms with Crippen molar-refractivity contribution < 1.29 is 14.7 Å². The van der Waals surface area contributed by atoms with E-state index in [2.05, 4.69) is 59.9 Å². The number of ketones is 1. The summed E-state index contributed by atoms with van der Waals surface area (Å²) in [5, 5.41) is 24.5. The Morgan fingerprint density at radius 1 is 1.02 bits per heavy atom. The second-order valence-electron chi connectivity index (χ2n) is 16.8. The van der Waals surface area contributed by atoms with Crippen molar-refractivity contribution in [3.05, 3.63) is 23.3 Å². The van der Waals surface area contributed by atoms with E-state index >= 15 is 0 Å². The minimum atomic E-state index is -0.784. The maximum absolute atomic E-state index is 14.6. The molecule has 5 nitrogen and oxygen atoms in total. The highest BCUT2D eigenvalue weighted by Crippen LogP contribution is 2.74. The lowest BCUT2D eigenvalue weighted by Gasteiger charge is -2.69. The van der Waals surface area contributed by atoms with Gasteiger partial charge in [0.05, 0.1) is 17.7 Å². The lowest BCUT2D eigenvalue weighted by molar-refractivity contribution is -0.172. The van der Waals surface area contributed by atoms with Crippen LogP contribution in [0.3, 0.4) is 0 Å². The molecule has 0 bridgehead atoms. The lowest BCUT2D eigenvalue weighted by atomic mass is 9.34. The molecule has 0 aromatic rings. The molecule has 1 unspecified atom stereocenters. The molecule has 6 aliphatic carbocycles. The van der Waals surface area contributed by atoms with Crippen LogP contribution in [0.1, 0.15) is 106 Å². The molecule has 0 aromatic heterocycles. The van der Waals surface area contributed by atoms with Crippen LogP contribution in [0.2, 0.25) is 0 Å². The number of aliphatic hydroxyl groups excluding tert-OH is 1. The van der Waals surface area contributed by atoms with Crippen LogP contribution in [0.15, 0.2) is 23.3 Å². The Labute approximate surface area is 241 Å². The molecule has 0 aromatic carbocycles. The number of amides is 1. The predicted octanol–water partition coefficient (Wildman–Crippen LogP) is 6.52. The molecule has 0 radical (unpaired) electrons. The SMILES string of the molecule is CC1(C)CC[C@]2(CNC(=O)C3CC3)CC[C@]3(C)[C@H](C(=O)C=C4[C@@]5(C)C=C(C#N)C(O)C(C)(C)[C@@H]5CC[C@]43C)[C@@H]2C1. The van der Waals surface area contributed by atoms with E-state index in [0.717, 1.165) is 57.8 Å². The van der Waals surface area contributed by atoms with Crippen LogP contribution in [-0.4, -0.2) is 29.4 Å². The smallest absolute Gasteiger partial charge is 0.223 e. The first kappa shape index (κ1) is 28.2.